The van der Waals surface area contributed by atoms with Gasteiger partial charge in [0.25, 0.3) is 0 Å². The number of amides is 1. The molecule has 1 aromatic rings. The predicted octanol–water partition coefficient (Wildman–Crippen LogP) is -0.0527. The van der Waals surface area contributed by atoms with Crippen LogP contribution in [0.5, 0.6) is 0 Å². The summed E-state index contributed by atoms with van der Waals surface area (Å²) in [4.78, 5) is 17.7. The average molecular weight is 326 g/mol. The summed E-state index contributed by atoms with van der Waals surface area (Å²) in [5.41, 5.74) is 5.69. The molecule has 8 heteroatoms. The van der Waals surface area contributed by atoms with Crippen LogP contribution in [0.15, 0.2) is 29.4 Å². The first kappa shape index (κ1) is 16.9. The third kappa shape index (κ3) is 4.02. The van der Waals surface area contributed by atoms with Crippen molar-refractivity contribution in [3.05, 3.63) is 24.5 Å². The van der Waals surface area contributed by atoms with Gasteiger partial charge in [-0.2, -0.15) is 0 Å². The summed E-state index contributed by atoms with van der Waals surface area (Å²) in [6, 6.07) is 3.02. The Morgan fingerprint density at radius 1 is 1.55 bits per heavy atom. The van der Waals surface area contributed by atoms with Crippen LogP contribution >= 0.6 is 0 Å². The molecule has 22 heavy (non-hydrogen) atoms. The summed E-state index contributed by atoms with van der Waals surface area (Å²) in [7, 11) is -3.61. The van der Waals surface area contributed by atoms with Crippen molar-refractivity contribution < 1.29 is 13.2 Å². The number of nitrogens with one attached hydrogen (secondary N) is 1. The lowest BCUT2D eigenvalue weighted by molar-refractivity contribution is -0.130. The molecule has 7 nitrogen and oxygen atoms in total. The van der Waals surface area contributed by atoms with Crippen molar-refractivity contribution in [3.8, 4) is 0 Å². The molecule has 1 fully saturated rings. The number of sulfonamides is 1. The number of hydrogen-bond donors (Lipinski definition) is 2. The van der Waals surface area contributed by atoms with Crippen LogP contribution in [0.3, 0.4) is 0 Å². The number of rotatable bonds is 6. The van der Waals surface area contributed by atoms with Gasteiger partial charge in [0.05, 0.1) is 0 Å². The fourth-order valence-corrected chi connectivity index (χ4v) is 3.44. The van der Waals surface area contributed by atoms with E-state index in [9.17, 15) is 13.2 Å². The van der Waals surface area contributed by atoms with E-state index in [0.29, 0.717) is 19.6 Å². The Labute approximate surface area is 131 Å². The van der Waals surface area contributed by atoms with E-state index in [1.54, 1.807) is 11.0 Å². The lowest BCUT2D eigenvalue weighted by Gasteiger charge is -2.22. The normalized spacial score (nSPS) is 22.0. The van der Waals surface area contributed by atoms with Crippen LogP contribution in [0, 0.1) is 5.41 Å². The smallest absolute Gasteiger partial charge is 0.242 e. The number of nitrogens with zero attached hydrogens (tertiary/aromatic N) is 2. The molecule has 0 bridgehead atoms. The number of nitrogens with two attached hydrogens (primary N) is 1. The van der Waals surface area contributed by atoms with E-state index in [2.05, 4.69) is 16.6 Å². The van der Waals surface area contributed by atoms with Crippen molar-refractivity contribution in [2.75, 3.05) is 26.2 Å². The molecule has 0 aromatic carbocycles. The minimum Gasteiger partial charge on any atom is -0.342 e. The Balaban J connectivity index is 1.83. The molecule has 1 saturated heterocycles. The lowest BCUT2D eigenvalue weighted by Crippen LogP contribution is -2.36. The second kappa shape index (κ2) is 6.72. The Morgan fingerprint density at radius 3 is 2.91 bits per heavy atom. The summed E-state index contributed by atoms with van der Waals surface area (Å²) in [6.45, 7) is 4.00. The summed E-state index contributed by atoms with van der Waals surface area (Å²) >= 11 is 0. The molecule has 1 atom stereocenters. The lowest BCUT2D eigenvalue weighted by atomic mass is 9.90. The van der Waals surface area contributed by atoms with Gasteiger partial charge in [-0.3, -0.25) is 9.78 Å². The second-order valence-corrected chi connectivity index (χ2v) is 7.68. The fourth-order valence-electron chi connectivity index (χ4n) is 2.44. The molecule has 1 unspecified atom stereocenters. The maximum absolute atomic E-state index is 12.1. The van der Waals surface area contributed by atoms with Gasteiger partial charge in [-0.05, 0) is 30.5 Å². The summed E-state index contributed by atoms with van der Waals surface area (Å²) in [5.74, 6) is -0.0499. The van der Waals surface area contributed by atoms with E-state index in [1.807, 2.05) is 0 Å². The van der Waals surface area contributed by atoms with Gasteiger partial charge in [-0.1, -0.05) is 6.92 Å². The summed E-state index contributed by atoms with van der Waals surface area (Å²) in [6.07, 6.45) is 3.80. The van der Waals surface area contributed by atoms with Crippen LogP contribution in [0.25, 0.3) is 0 Å². The maximum Gasteiger partial charge on any atom is 0.242 e. The quantitative estimate of drug-likeness (QED) is 0.762. The van der Waals surface area contributed by atoms with Gasteiger partial charge in [0.2, 0.25) is 15.9 Å². The highest BCUT2D eigenvalue weighted by Crippen LogP contribution is 2.28. The maximum atomic E-state index is 12.1. The van der Waals surface area contributed by atoms with Gasteiger partial charge in [0, 0.05) is 38.4 Å². The van der Waals surface area contributed by atoms with Crippen LogP contribution < -0.4 is 10.5 Å². The molecule has 122 valence electrons. The zero-order valence-corrected chi connectivity index (χ0v) is 13.5. The van der Waals surface area contributed by atoms with Gasteiger partial charge < -0.3 is 10.6 Å². The van der Waals surface area contributed by atoms with E-state index in [1.165, 1.54) is 18.5 Å². The highest BCUT2D eigenvalue weighted by molar-refractivity contribution is 7.89. The van der Waals surface area contributed by atoms with E-state index in [4.69, 9.17) is 5.73 Å². The van der Waals surface area contributed by atoms with Crippen LogP contribution in [-0.4, -0.2) is 50.4 Å². The SMILES string of the molecule is CC1(CN)CCN(C(=O)CCNS(=O)(=O)c2cccnc2)C1. The molecule has 2 heterocycles. The Kier molecular flexibility index (Phi) is 5.15. The largest absolute Gasteiger partial charge is 0.342 e. The molecular weight excluding hydrogens is 304 g/mol. The number of aromatic nitrogens is 1. The van der Waals surface area contributed by atoms with Crippen LogP contribution in [0.1, 0.15) is 19.8 Å². The van der Waals surface area contributed by atoms with Crippen LogP contribution in [0.4, 0.5) is 0 Å². The zero-order chi connectivity index (χ0) is 16.2. The standard InChI is InChI=1S/C14H22N4O3S/c1-14(10-15)5-8-18(11-14)13(19)4-7-17-22(20,21)12-3-2-6-16-9-12/h2-3,6,9,17H,4-5,7-8,10-11,15H2,1H3. The van der Waals surface area contributed by atoms with Gasteiger partial charge in [0.15, 0.2) is 0 Å². The van der Waals surface area contributed by atoms with Gasteiger partial charge in [-0.15, -0.1) is 0 Å². The number of pyridine rings is 1. The van der Waals surface area contributed by atoms with E-state index in [0.717, 1.165) is 6.42 Å². The fraction of sp³-hybridized carbons (Fsp3) is 0.571. The van der Waals surface area contributed by atoms with Crippen molar-refractivity contribution in [2.24, 2.45) is 11.1 Å². The molecule has 2 rings (SSSR count). The number of carbonyl (C=O) groups excluding carboxylic acids is 1. The first-order valence-electron chi connectivity index (χ1n) is 7.24. The molecule has 1 aromatic heterocycles. The Hall–Kier alpha value is -1.51. The topological polar surface area (TPSA) is 105 Å². The molecule has 1 aliphatic heterocycles. The molecule has 0 spiro atoms. The first-order chi connectivity index (χ1) is 10.4. The number of carbonyl (C=O) groups is 1. The zero-order valence-electron chi connectivity index (χ0n) is 12.7. The average Bonchev–Trinajstić information content (AvgIpc) is 2.91. The van der Waals surface area contributed by atoms with Gasteiger partial charge >= 0.3 is 0 Å². The molecule has 0 saturated carbocycles. The number of hydrogen-bond acceptors (Lipinski definition) is 5. The van der Waals surface area contributed by atoms with Crippen molar-refractivity contribution in [1.29, 1.82) is 0 Å². The molecule has 0 radical (unpaired) electrons. The van der Waals surface area contributed by atoms with Gasteiger partial charge in [-0.25, -0.2) is 13.1 Å². The van der Waals surface area contributed by atoms with E-state index < -0.39 is 10.0 Å². The van der Waals surface area contributed by atoms with Crippen LogP contribution in [0.2, 0.25) is 0 Å². The summed E-state index contributed by atoms with van der Waals surface area (Å²) in [5, 5.41) is 0. The third-order valence-electron chi connectivity index (χ3n) is 3.98. The minimum atomic E-state index is -3.61. The van der Waals surface area contributed by atoms with E-state index in [-0.39, 0.29) is 29.2 Å². The molecule has 1 aliphatic rings. The molecule has 1 amide bonds. The Bertz CT molecular complexity index is 620. The monoisotopic (exact) mass is 326 g/mol. The predicted molar refractivity (Wildman–Crippen MR) is 82.4 cm³/mol. The van der Waals surface area contributed by atoms with Crippen molar-refractivity contribution in [3.63, 3.8) is 0 Å². The first-order valence-corrected chi connectivity index (χ1v) is 8.72. The van der Waals surface area contributed by atoms with Gasteiger partial charge in [0.1, 0.15) is 4.90 Å². The van der Waals surface area contributed by atoms with Crippen molar-refractivity contribution in [1.82, 2.24) is 14.6 Å². The van der Waals surface area contributed by atoms with Crippen LogP contribution in [-0.2, 0) is 14.8 Å². The molecule has 3 N–H and O–H groups in total. The van der Waals surface area contributed by atoms with Crippen molar-refractivity contribution >= 4 is 15.9 Å². The van der Waals surface area contributed by atoms with Crippen molar-refractivity contribution in [2.45, 2.75) is 24.7 Å². The second-order valence-electron chi connectivity index (χ2n) is 5.92. The highest BCUT2D eigenvalue weighted by atomic mass is 32.2. The summed E-state index contributed by atoms with van der Waals surface area (Å²) < 4.78 is 26.4. The molecule has 0 aliphatic carbocycles. The molecular formula is C14H22N4O3S. The Morgan fingerprint density at radius 2 is 2.32 bits per heavy atom. The highest BCUT2D eigenvalue weighted by Gasteiger charge is 2.34. The van der Waals surface area contributed by atoms with E-state index >= 15 is 0 Å². The third-order valence-corrected chi connectivity index (χ3v) is 5.43. The minimum absolute atomic E-state index is 0.0229. The number of likely N-dealkylation sites (tertiary alicyclic amines) is 1.